The normalized spacial score (nSPS) is 13.2. The molecule has 1 heterocycles. The van der Waals surface area contributed by atoms with Crippen LogP contribution in [-0.4, -0.2) is 22.8 Å². The smallest absolute Gasteiger partial charge is 0.352 e. The van der Waals surface area contributed by atoms with E-state index in [1.165, 1.54) is 11.1 Å². The zero-order valence-electron chi connectivity index (χ0n) is 13.6. The van der Waals surface area contributed by atoms with Crippen molar-refractivity contribution in [2.45, 2.75) is 25.8 Å². The molecule has 2 aromatic carbocycles. The summed E-state index contributed by atoms with van der Waals surface area (Å²) in [6.07, 6.45) is 3.13. The molecule has 0 unspecified atom stereocenters. The van der Waals surface area contributed by atoms with Crippen LogP contribution in [0.2, 0.25) is 0 Å². The van der Waals surface area contributed by atoms with Crippen LogP contribution in [0.1, 0.15) is 33.6 Å². The molecule has 0 amide bonds. The minimum Gasteiger partial charge on any atom is -0.496 e. The largest absolute Gasteiger partial charge is 0.496 e. The Morgan fingerprint density at radius 3 is 2.71 bits per heavy atom. The molecule has 0 bridgehead atoms. The molecular formula is C20H19NO3. The SMILES string of the molecule is COc1cc2c(c3c1cc(C(=O)O)n3Cc1ccccc1)CCC2. The molecule has 24 heavy (non-hydrogen) atoms. The minimum atomic E-state index is -0.907. The lowest BCUT2D eigenvalue weighted by Gasteiger charge is -2.13. The van der Waals surface area contributed by atoms with Gasteiger partial charge in [0.25, 0.3) is 0 Å². The van der Waals surface area contributed by atoms with E-state index in [4.69, 9.17) is 4.74 Å². The van der Waals surface area contributed by atoms with Gasteiger partial charge in [-0.2, -0.15) is 0 Å². The number of carbonyl (C=O) groups is 1. The molecule has 0 aliphatic heterocycles. The van der Waals surface area contributed by atoms with Gasteiger partial charge in [0.15, 0.2) is 0 Å². The van der Waals surface area contributed by atoms with Gasteiger partial charge in [-0.05, 0) is 48.1 Å². The monoisotopic (exact) mass is 321 g/mol. The number of methoxy groups -OCH3 is 1. The highest BCUT2D eigenvalue weighted by Crippen LogP contribution is 2.38. The van der Waals surface area contributed by atoms with Crippen molar-refractivity contribution in [2.75, 3.05) is 7.11 Å². The Bertz CT molecular complexity index is 925. The number of benzene rings is 2. The molecule has 4 nitrogen and oxygen atoms in total. The van der Waals surface area contributed by atoms with E-state index in [-0.39, 0.29) is 0 Å². The summed E-state index contributed by atoms with van der Waals surface area (Å²) in [7, 11) is 1.64. The summed E-state index contributed by atoms with van der Waals surface area (Å²) in [5.41, 5.74) is 4.97. The van der Waals surface area contributed by atoms with Gasteiger partial charge in [0.05, 0.1) is 12.6 Å². The summed E-state index contributed by atoms with van der Waals surface area (Å²) in [5.74, 6) is -0.143. The number of nitrogens with zero attached hydrogens (tertiary/aromatic N) is 1. The molecule has 4 rings (SSSR count). The van der Waals surface area contributed by atoms with E-state index in [1.807, 2.05) is 34.9 Å². The number of ether oxygens (including phenoxy) is 1. The number of carboxylic acid groups (broad SMARTS) is 1. The van der Waals surface area contributed by atoms with Gasteiger partial charge in [-0.1, -0.05) is 30.3 Å². The maximum absolute atomic E-state index is 11.8. The maximum Gasteiger partial charge on any atom is 0.352 e. The van der Waals surface area contributed by atoms with E-state index in [9.17, 15) is 9.90 Å². The van der Waals surface area contributed by atoms with Crippen molar-refractivity contribution in [1.29, 1.82) is 0 Å². The van der Waals surface area contributed by atoms with Crippen LogP contribution in [0.25, 0.3) is 10.9 Å². The first-order valence-electron chi connectivity index (χ1n) is 8.18. The number of aryl methyl sites for hydroxylation is 2. The predicted octanol–water partition coefficient (Wildman–Crippen LogP) is 3.89. The van der Waals surface area contributed by atoms with Crippen molar-refractivity contribution in [3.63, 3.8) is 0 Å². The Hall–Kier alpha value is -2.75. The molecule has 0 saturated carbocycles. The van der Waals surface area contributed by atoms with Gasteiger partial charge < -0.3 is 14.4 Å². The molecule has 4 heteroatoms. The fourth-order valence-electron chi connectivity index (χ4n) is 3.77. The van der Waals surface area contributed by atoms with E-state index in [1.54, 1.807) is 13.2 Å². The zero-order valence-corrected chi connectivity index (χ0v) is 13.6. The highest BCUT2D eigenvalue weighted by molar-refractivity contribution is 5.99. The lowest BCUT2D eigenvalue weighted by atomic mass is 10.1. The van der Waals surface area contributed by atoms with Crippen molar-refractivity contribution in [3.05, 3.63) is 64.8 Å². The standard InChI is InChI=1S/C20H19NO3/c1-24-18-10-14-8-5-9-15(14)19-16(18)11-17(20(22)23)21(19)12-13-6-3-2-4-7-13/h2-4,6-7,10-11H,5,8-9,12H2,1H3,(H,22,23). The van der Waals surface area contributed by atoms with Gasteiger partial charge in [-0.3, -0.25) is 0 Å². The molecule has 0 spiro atoms. The van der Waals surface area contributed by atoms with E-state index >= 15 is 0 Å². The van der Waals surface area contributed by atoms with Crippen LogP contribution in [0, 0.1) is 0 Å². The number of aromatic carboxylic acids is 1. The molecule has 1 N–H and O–H groups in total. The summed E-state index contributed by atoms with van der Waals surface area (Å²) in [4.78, 5) is 11.8. The molecule has 1 aliphatic carbocycles. The highest BCUT2D eigenvalue weighted by atomic mass is 16.5. The predicted molar refractivity (Wildman–Crippen MR) is 93.0 cm³/mol. The van der Waals surface area contributed by atoms with Crippen LogP contribution >= 0.6 is 0 Å². The number of hydrogen-bond acceptors (Lipinski definition) is 2. The minimum absolute atomic E-state index is 0.312. The Morgan fingerprint density at radius 2 is 2.00 bits per heavy atom. The Balaban J connectivity index is 2.01. The number of aromatic nitrogens is 1. The lowest BCUT2D eigenvalue weighted by Crippen LogP contribution is -2.10. The van der Waals surface area contributed by atoms with E-state index in [2.05, 4.69) is 6.07 Å². The van der Waals surface area contributed by atoms with E-state index in [0.717, 1.165) is 41.5 Å². The second-order valence-corrected chi connectivity index (χ2v) is 6.24. The third-order valence-electron chi connectivity index (χ3n) is 4.84. The van der Waals surface area contributed by atoms with E-state index in [0.29, 0.717) is 12.2 Å². The van der Waals surface area contributed by atoms with Crippen LogP contribution in [0.15, 0.2) is 42.5 Å². The average molecular weight is 321 g/mol. The fourth-order valence-corrected chi connectivity index (χ4v) is 3.77. The summed E-state index contributed by atoms with van der Waals surface area (Å²) >= 11 is 0. The van der Waals surface area contributed by atoms with Gasteiger partial charge in [-0.15, -0.1) is 0 Å². The number of fused-ring (bicyclic) bond motifs is 3. The number of rotatable bonds is 4. The van der Waals surface area contributed by atoms with Crippen molar-refractivity contribution >= 4 is 16.9 Å². The molecule has 122 valence electrons. The Kier molecular flexibility index (Phi) is 3.53. The highest BCUT2D eigenvalue weighted by Gasteiger charge is 2.24. The first kappa shape index (κ1) is 14.8. The lowest BCUT2D eigenvalue weighted by molar-refractivity contribution is 0.0686. The van der Waals surface area contributed by atoms with Crippen molar-refractivity contribution < 1.29 is 14.6 Å². The second kappa shape index (κ2) is 5.71. The summed E-state index contributed by atoms with van der Waals surface area (Å²) in [6, 6.07) is 13.8. The first-order valence-corrected chi connectivity index (χ1v) is 8.18. The second-order valence-electron chi connectivity index (χ2n) is 6.24. The molecule has 0 fully saturated rings. The third-order valence-corrected chi connectivity index (χ3v) is 4.84. The van der Waals surface area contributed by atoms with Crippen LogP contribution in [-0.2, 0) is 19.4 Å². The quantitative estimate of drug-likeness (QED) is 0.793. The molecule has 1 aliphatic rings. The van der Waals surface area contributed by atoms with Gasteiger partial charge in [0, 0.05) is 11.9 Å². The third kappa shape index (κ3) is 2.26. The first-order chi connectivity index (χ1) is 11.7. The van der Waals surface area contributed by atoms with Gasteiger partial charge in [0.1, 0.15) is 11.4 Å². The number of hydrogen-bond donors (Lipinski definition) is 1. The molecule has 1 aromatic heterocycles. The Labute approximate surface area is 140 Å². The van der Waals surface area contributed by atoms with Crippen molar-refractivity contribution in [1.82, 2.24) is 4.57 Å². The number of carboxylic acids is 1. The van der Waals surface area contributed by atoms with Crippen molar-refractivity contribution in [3.8, 4) is 5.75 Å². The van der Waals surface area contributed by atoms with Gasteiger partial charge in [0.2, 0.25) is 0 Å². The topological polar surface area (TPSA) is 51.5 Å². The van der Waals surface area contributed by atoms with Crippen LogP contribution < -0.4 is 4.74 Å². The molecule has 0 radical (unpaired) electrons. The zero-order chi connectivity index (χ0) is 16.7. The molecule has 3 aromatic rings. The van der Waals surface area contributed by atoms with Gasteiger partial charge >= 0.3 is 5.97 Å². The summed E-state index contributed by atoms with van der Waals surface area (Å²) < 4.78 is 7.47. The maximum atomic E-state index is 11.8. The van der Waals surface area contributed by atoms with E-state index < -0.39 is 5.97 Å². The average Bonchev–Trinajstić information content (AvgIpc) is 3.19. The van der Waals surface area contributed by atoms with Crippen LogP contribution in [0.5, 0.6) is 5.75 Å². The van der Waals surface area contributed by atoms with Crippen LogP contribution in [0.3, 0.4) is 0 Å². The van der Waals surface area contributed by atoms with Gasteiger partial charge in [-0.25, -0.2) is 4.79 Å². The summed E-state index contributed by atoms with van der Waals surface area (Å²) in [5, 5.41) is 10.6. The summed E-state index contributed by atoms with van der Waals surface area (Å²) in [6.45, 7) is 0.547. The molecule has 0 saturated heterocycles. The fraction of sp³-hybridized carbons (Fsp3) is 0.250. The molecule has 0 atom stereocenters. The van der Waals surface area contributed by atoms with Crippen molar-refractivity contribution in [2.24, 2.45) is 0 Å². The molecular weight excluding hydrogens is 302 g/mol. The Morgan fingerprint density at radius 1 is 1.21 bits per heavy atom. The van der Waals surface area contributed by atoms with Crippen LogP contribution in [0.4, 0.5) is 0 Å².